The quantitative estimate of drug-likeness (QED) is 0.360. The number of pyridine rings is 1. The number of carbonyl (C=O) groups is 1. The number of fused-ring (bicyclic) bond motifs is 1. The zero-order valence-corrected chi connectivity index (χ0v) is 25.6. The lowest BCUT2D eigenvalue weighted by Gasteiger charge is -2.28. The molecule has 0 atom stereocenters. The molecule has 0 saturated heterocycles. The molecule has 0 fully saturated rings. The van der Waals surface area contributed by atoms with E-state index in [0.29, 0.717) is 30.1 Å². The number of halogens is 1. The van der Waals surface area contributed by atoms with Crippen molar-refractivity contribution in [3.05, 3.63) is 56.9 Å². The fourth-order valence-electron chi connectivity index (χ4n) is 4.59. The van der Waals surface area contributed by atoms with E-state index in [1.807, 2.05) is 87.4 Å². The molecule has 3 rings (SSSR count). The van der Waals surface area contributed by atoms with Crippen LogP contribution >= 0.6 is 17.0 Å². The second kappa shape index (κ2) is 11.0. The summed E-state index contributed by atoms with van der Waals surface area (Å²) < 4.78 is 5.93. The number of nitrogens with one attached hydrogen (secondary N) is 1. The highest BCUT2D eigenvalue weighted by Crippen LogP contribution is 2.40. The molecule has 2 heterocycles. The maximum absolute atomic E-state index is 13.6. The van der Waals surface area contributed by atoms with Crippen LogP contribution in [-0.2, 0) is 17.4 Å². The monoisotopic (exact) mass is 571 g/mol. The Bertz CT molecular complexity index is 1210. The van der Waals surface area contributed by atoms with Crippen molar-refractivity contribution in [3.8, 4) is 11.5 Å². The van der Waals surface area contributed by atoms with E-state index in [-0.39, 0.29) is 51.7 Å². The lowest BCUT2D eigenvalue weighted by atomic mass is 9.78. The predicted molar refractivity (Wildman–Crippen MR) is 157 cm³/mol. The van der Waals surface area contributed by atoms with Gasteiger partial charge in [-0.25, -0.2) is 4.98 Å². The predicted octanol–water partition coefficient (Wildman–Crippen LogP) is 7.11. The van der Waals surface area contributed by atoms with Gasteiger partial charge in [0.25, 0.3) is 0 Å². The second-order valence-corrected chi connectivity index (χ2v) is 12.0. The Morgan fingerprint density at radius 3 is 2.14 bits per heavy atom. The zero-order valence-electron chi connectivity index (χ0n) is 23.9. The van der Waals surface area contributed by atoms with Crippen LogP contribution in [-0.4, -0.2) is 39.8 Å². The topological polar surface area (TPSA) is 86.5 Å². The van der Waals surface area contributed by atoms with E-state index in [0.717, 1.165) is 33.6 Å². The molecule has 6 nitrogen and oxygen atoms in total. The molecule has 1 aromatic heterocycles. The Kier molecular flexibility index (Phi) is 9.07. The molecule has 2 aromatic rings. The first-order chi connectivity index (χ1) is 16.6. The summed E-state index contributed by atoms with van der Waals surface area (Å²) in [5.74, 6) is 1.15. The molecule has 7 heteroatoms. The summed E-state index contributed by atoms with van der Waals surface area (Å²) in [5.41, 5.74) is 5.72. The number of allylic oxidation sites excluding steroid dienone is 1. The molecule has 202 valence electrons. The van der Waals surface area contributed by atoms with Crippen LogP contribution in [0.3, 0.4) is 0 Å². The van der Waals surface area contributed by atoms with E-state index in [4.69, 9.17) is 15.1 Å². The average molecular weight is 573 g/mol. The smallest absolute Gasteiger partial charge is 0.182 e. The number of Topliss-reactive ketones (excluding diaryl/α,β-unsaturated/α-hetero) is 1. The average Bonchev–Trinajstić information content (AvgIpc) is 3.04. The van der Waals surface area contributed by atoms with Crippen molar-refractivity contribution in [1.29, 1.82) is 5.41 Å². The number of amidine groups is 1. The van der Waals surface area contributed by atoms with Crippen molar-refractivity contribution in [1.82, 2.24) is 9.88 Å². The fraction of sp³-hybridized carbons (Fsp3) is 0.500. The standard InChI is InChI=1S/C30H41N3O3.BrH/c1-11-36-27-18(4)20-15-33(28(31)25(20)32-23(27)12-17(2)3)16-24(34)19-13-21(29(5,6)7)26(35)22(14-19)30(8,9)10;/h12-14,31,35H,11,15-16H2,1-10H3;1H. The number of carbonyl (C=O) groups excluding carboxylic acids is 1. The van der Waals surface area contributed by atoms with Crippen molar-refractivity contribution < 1.29 is 14.6 Å². The maximum Gasteiger partial charge on any atom is 0.182 e. The number of nitrogens with zero attached hydrogens (tertiary/aromatic N) is 2. The van der Waals surface area contributed by atoms with E-state index in [1.54, 1.807) is 4.90 Å². The minimum Gasteiger partial charge on any atom is -0.507 e. The maximum atomic E-state index is 13.6. The van der Waals surface area contributed by atoms with Gasteiger partial charge in [-0.2, -0.15) is 0 Å². The van der Waals surface area contributed by atoms with Crippen LogP contribution in [0.15, 0.2) is 17.7 Å². The summed E-state index contributed by atoms with van der Waals surface area (Å²) >= 11 is 0. The third kappa shape index (κ3) is 6.25. The van der Waals surface area contributed by atoms with Crippen LogP contribution in [0.1, 0.15) is 106 Å². The van der Waals surface area contributed by atoms with Crippen molar-refractivity contribution in [2.75, 3.05) is 13.2 Å². The van der Waals surface area contributed by atoms with Crippen LogP contribution in [0.25, 0.3) is 6.08 Å². The van der Waals surface area contributed by atoms with Crippen molar-refractivity contribution in [2.24, 2.45) is 0 Å². The lowest BCUT2D eigenvalue weighted by Crippen LogP contribution is -2.31. The second-order valence-electron chi connectivity index (χ2n) is 12.0. The van der Waals surface area contributed by atoms with Crippen LogP contribution in [0.5, 0.6) is 11.5 Å². The first kappa shape index (κ1) is 30.6. The summed E-state index contributed by atoms with van der Waals surface area (Å²) in [4.78, 5) is 20.1. The van der Waals surface area contributed by atoms with Gasteiger partial charge in [0.1, 0.15) is 28.7 Å². The molecule has 37 heavy (non-hydrogen) atoms. The summed E-state index contributed by atoms with van der Waals surface area (Å²) in [6.45, 7) is 21.2. The van der Waals surface area contributed by atoms with Gasteiger partial charge in [0, 0.05) is 34.4 Å². The molecule has 0 unspecified atom stereocenters. The fourth-order valence-corrected chi connectivity index (χ4v) is 4.59. The number of aromatic nitrogens is 1. The molecule has 1 aliphatic heterocycles. The molecule has 0 radical (unpaired) electrons. The minimum absolute atomic E-state index is 0. The van der Waals surface area contributed by atoms with Crippen LogP contribution < -0.4 is 4.74 Å². The number of rotatable bonds is 6. The lowest BCUT2D eigenvalue weighted by molar-refractivity contribution is 0.0962. The van der Waals surface area contributed by atoms with Crippen molar-refractivity contribution >= 4 is 34.7 Å². The molecule has 1 aromatic carbocycles. The van der Waals surface area contributed by atoms with Crippen molar-refractivity contribution in [2.45, 2.75) is 86.6 Å². The number of aromatic hydroxyl groups is 1. The highest BCUT2D eigenvalue weighted by molar-refractivity contribution is 8.93. The van der Waals surface area contributed by atoms with Gasteiger partial charge in [-0.3, -0.25) is 10.2 Å². The molecular weight excluding hydrogens is 530 g/mol. The Labute approximate surface area is 232 Å². The Morgan fingerprint density at radius 2 is 1.68 bits per heavy atom. The molecule has 0 spiro atoms. The molecule has 2 N–H and O–H groups in total. The molecule has 0 saturated carbocycles. The molecule has 0 amide bonds. The first-order valence-corrected chi connectivity index (χ1v) is 12.6. The van der Waals surface area contributed by atoms with Gasteiger partial charge in [-0.1, -0.05) is 47.1 Å². The molecule has 0 aliphatic carbocycles. The zero-order chi connectivity index (χ0) is 27.2. The third-order valence-electron chi connectivity index (χ3n) is 6.53. The molecule has 1 aliphatic rings. The highest BCUT2D eigenvalue weighted by Gasteiger charge is 2.33. The SMILES string of the molecule is Br.CCOc1c(C=C(C)C)nc2c(c1C)CN(CC(=O)c1cc(C(C)(C)C)c(O)c(C(C)(C)C)c1)C2=N. The number of phenols is 1. The Balaban J connectivity index is 0.00000481. The van der Waals surface area contributed by atoms with Gasteiger partial charge in [-0.15, -0.1) is 17.0 Å². The summed E-state index contributed by atoms with van der Waals surface area (Å²) in [7, 11) is 0. The van der Waals surface area contributed by atoms with E-state index < -0.39 is 0 Å². The first-order valence-electron chi connectivity index (χ1n) is 12.6. The molecule has 0 bridgehead atoms. The number of hydrogen-bond acceptors (Lipinski definition) is 5. The number of ether oxygens (including phenoxy) is 1. The number of phenolic OH excluding ortho intramolecular Hbond substituents is 1. The van der Waals surface area contributed by atoms with E-state index in [9.17, 15) is 9.90 Å². The Morgan fingerprint density at radius 1 is 1.14 bits per heavy atom. The van der Waals surface area contributed by atoms with Crippen LogP contribution in [0.4, 0.5) is 0 Å². The van der Waals surface area contributed by atoms with Gasteiger partial charge < -0.3 is 14.7 Å². The van der Waals surface area contributed by atoms with E-state index >= 15 is 0 Å². The normalized spacial score (nSPS) is 13.2. The van der Waals surface area contributed by atoms with Gasteiger partial charge in [0.2, 0.25) is 0 Å². The number of benzene rings is 1. The highest BCUT2D eigenvalue weighted by atomic mass is 79.9. The van der Waals surface area contributed by atoms with E-state index in [2.05, 4.69) is 0 Å². The van der Waals surface area contributed by atoms with E-state index in [1.165, 1.54) is 0 Å². The Hall–Kier alpha value is -2.67. The van der Waals surface area contributed by atoms with Crippen LogP contribution in [0, 0.1) is 12.3 Å². The molecular formula is C30H42BrN3O3. The van der Waals surface area contributed by atoms with Gasteiger partial charge in [0.05, 0.1) is 13.2 Å². The van der Waals surface area contributed by atoms with Gasteiger partial charge in [0.15, 0.2) is 5.78 Å². The van der Waals surface area contributed by atoms with Crippen molar-refractivity contribution in [3.63, 3.8) is 0 Å². The summed E-state index contributed by atoms with van der Waals surface area (Å²) in [6.07, 6.45) is 1.97. The van der Waals surface area contributed by atoms with Gasteiger partial charge in [-0.05, 0) is 56.7 Å². The number of ketones is 1. The minimum atomic E-state index is -0.324. The van der Waals surface area contributed by atoms with Crippen LogP contribution in [0.2, 0.25) is 0 Å². The summed E-state index contributed by atoms with van der Waals surface area (Å²) in [6, 6.07) is 3.62. The van der Waals surface area contributed by atoms with Gasteiger partial charge >= 0.3 is 0 Å². The largest absolute Gasteiger partial charge is 0.507 e. The summed E-state index contributed by atoms with van der Waals surface area (Å²) in [5, 5.41) is 19.8. The number of hydrogen-bond donors (Lipinski definition) is 2. The third-order valence-corrected chi connectivity index (χ3v) is 6.53.